The van der Waals surface area contributed by atoms with E-state index in [2.05, 4.69) is 4.90 Å². The van der Waals surface area contributed by atoms with E-state index in [-0.39, 0.29) is 11.7 Å². The van der Waals surface area contributed by atoms with Gasteiger partial charge in [0.15, 0.2) is 11.6 Å². The van der Waals surface area contributed by atoms with Gasteiger partial charge in [-0.05, 0) is 17.7 Å². The van der Waals surface area contributed by atoms with Crippen LogP contribution in [0.25, 0.3) is 0 Å². The van der Waals surface area contributed by atoms with Gasteiger partial charge in [-0.25, -0.2) is 4.39 Å². The molecule has 1 amide bonds. The van der Waals surface area contributed by atoms with E-state index in [0.717, 1.165) is 18.7 Å². The zero-order valence-electron chi connectivity index (χ0n) is 12.5. The molecule has 1 aliphatic rings. The fourth-order valence-electron chi connectivity index (χ4n) is 2.24. The number of amides is 1. The van der Waals surface area contributed by atoms with Gasteiger partial charge in [0.25, 0.3) is 0 Å². The second kappa shape index (κ2) is 7.38. The highest BCUT2D eigenvalue weighted by Gasteiger charge is 2.17. The van der Waals surface area contributed by atoms with Crippen molar-refractivity contribution < 1.29 is 18.7 Å². The van der Waals surface area contributed by atoms with Gasteiger partial charge in [0.2, 0.25) is 5.91 Å². The first-order chi connectivity index (χ1) is 10.1. The molecule has 21 heavy (non-hydrogen) atoms. The van der Waals surface area contributed by atoms with Crippen molar-refractivity contribution in [3.8, 4) is 5.75 Å². The van der Waals surface area contributed by atoms with Gasteiger partial charge >= 0.3 is 0 Å². The summed E-state index contributed by atoms with van der Waals surface area (Å²) < 4.78 is 23.8. The predicted molar refractivity (Wildman–Crippen MR) is 76.7 cm³/mol. The van der Waals surface area contributed by atoms with Crippen LogP contribution in [0.15, 0.2) is 18.2 Å². The van der Waals surface area contributed by atoms with E-state index in [1.165, 1.54) is 13.2 Å². The van der Waals surface area contributed by atoms with Crippen LogP contribution in [-0.4, -0.2) is 62.7 Å². The van der Waals surface area contributed by atoms with Gasteiger partial charge in [0.1, 0.15) is 0 Å². The number of morpholine rings is 1. The van der Waals surface area contributed by atoms with E-state index in [9.17, 15) is 9.18 Å². The molecule has 1 heterocycles. The number of halogens is 1. The van der Waals surface area contributed by atoms with Gasteiger partial charge in [0, 0.05) is 26.7 Å². The summed E-state index contributed by atoms with van der Waals surface area (Å²) in [5, 5.41) is 0. The topological polar surface area (TPSA) is 42.0 Å². The lowest BCUT2D eigenvalue weighted by atomic mass is 10.2. The van der Waals surface area contributed by atoms with Crippen LogP contribution in [0.5, 0.6) is 5.75 Å². The Balaban J connectivity index is 1.89. The third kappa shape index (κ3) is 4.41. The molecule has 0 aromatic heterocycles. The van der Waals surface area contributed by atoms with Crippen molar-refractivity contribution in [3.05, 3.63) is 29.6 Å². The molecule has 5 nitrogen and oxygen atoms in total. The second-order valence-corrected chi connectivity index (χ2v) is 5.11. The SMILES string of the molecule is COc1ccc(CN(C)C(=O)CN2CCOCC2)cc1F. The average molecular weight is 296 g/mol. The summed E-state index contributed by atoms with van der Waals surface area (Å²) in [6.45, 7) is 3.64. The maximum Gasteiger partial charge on any atom is 0.236 e. The molecule has 6 heteroatoms. The minimum atomic E-state index is -0.413. The largest absolute Gasteiger partial charge is 0.494 e. The van der Waals surface area contributed by atoms with E-state index in [4.69, 9.17) is 9.47 Å². The molecule has 1 saturated heterocycles. The summed E-state index contributed by atoms with van der Waals surface area (Å²) in [5.74, 6) is -0.182. The van der Waals surface area contributed by atoms with E-state index in [1.807, 2.05) is 0 Å². The van der Waals surface area contributed by atoms with E-state index >= 15 is 0 Å². The van der Waals surface area contributed by atoms with Gasteiger partial charge in [0.05, 0.1) is 26.9 Å². The summed E-state index contributed by atoms with van der Waals surface area (Å²) in [6.07, 6.45) is 0. The van der Waals surface area contributed by atoms with Crippen molar-refractivity contribution in [2.75, 3.05) is 47.0 Å². The highest BCUT2D eigenvalue weighted by Crippen LogP contribution is 2.18. The molecular weight excluding hydrogens is 275 g/mol. The third-order valence-electron chi connectivity index (χ3n) is 3.52. The maximum atomic E-state index is 13.6. The molecule has 1 fully saturated rings. The number of carbonyl (C=O) groups excluding carboxylic acids is 1. The van der Waals surface area contributed by atoms with Gasteiger partial charge in [-0.3, -0.25) is 9.69 Å². The summed E-state index contributed by atoms with van der Waals surface area (Å²) >= 11 is 0. The standard InChI is InChI=1S/C15H21FN2O3/c1-17(15(19)11-18-5-7-21-8-6-18)10-12-3-4-14(20-2)13(16)9-12/h3-4,9H,5-8,10-11H2,1-2H3. The van der Waals surface area contributed by atoms with Gasteiger partial charge in [-0.15, -0.1) is 0 Å². The summed E-state index contributed by atoms with van der Waals surface area (Å²) in [5.41, 5.74) is 0.742. The average Bonchev–Trinajstić information content (AvgIpc) is 2.48. The fraction of sp³-hybridized carbons (Fsp3) is 0.533. The first-order valence-corrected chi connectivity index (χ1v) is 6.96. The number of likely N-dealkylation sites (N-methyl/N-ethyl adjacent to an activating group) is 1. The summed E-state index contributed by atoms with van der Waals surface area (Å²) in [4.78, 5) is 15.8. The predicted octanol–water partition coefficient (Wildman–Crippen LogP) is 1.12. The Morgan fingerprint density at radius 3 is 2.76 bits per heavy atom. The number of rotatable bonds is 5. The quantitative estimate of drug-likeness (QED) is 0.817. The number of methoxy groups -OCH3 is 1. The van der Waals surface area contributed by atoms with Crippen LogP contribution in [0, 0.1) is 5.82 Å². The first-order valence-electron chi connectivity index (χ1n) is 6.96. The first kappa shape index (κ1) is 15.7. The molecule has 1 aromatic rings. The normalized spacial score (nSPS) is 15.8. The van der Waals surface area contributed by atoms with Crippen LogP contribution >= 0.6 is 0 Å². The maximum absolute atomic E-state index is 13.6. The Kier molecular flexibility index (Phi) is 5.52. The van der Waals surface area contributed by atoms with Crippen LogP contribution in [0.3, 0.4) is 0 Å². The van der Waals surface area contributed by atoms with Crippen molar-refractivity contribution in [1.29, 1.82) is 0 Å². The van der Waals surface area contributed by atoms with Crippen molar-refractivity contribution in [2.45, 2.75) is 6.54 Å². The zero-order valence-corrected chi connectivity index (χ0v) is 12.5. The minimum Gasteiger partial charge on any atom is -0.494 e. The molecule has 0 atom stereocenters. The lowest BCUT2D eigenvalue weighted by Crippen LogP contribution is -2.43. The number of ether oxygens (including phenoxy) is 2. The van der Waals surface area contributed by atoms with Crippen molar-refractivity contribution in [1.82, 2.24) is 9.80 Å². The fourth-order valence-corrected chi connectivity index (χ4v) is 2.24. The molecule has 0 radical (unpaired) electrons. The number of benzene rings is 1. The molecule has 2 rings (SSSR count). The van der Waals surface area contributed by atoms with Crippen molar-refractivity contribution in [3.63, 3.8) is 0 Å². The van der Waals surface area contributed by atoms with Crippen LogP contribution in [0.1, 0.15) is 5.56 Å². The minimum absolute atomic E-state index is 0.0214. The molecule has 0 spiro atoms. The smallest absolute Gasteiger partial charge is 0.236 e. The van der Waals surface area contributed by atoms with Crippen LogP contribution in [-0.2, 0) is 16.1 Å². The molecule has 0 N–H and O–H groups in total. The van der Waals surface area contributed by atoms with Gasteiger partial charge < -0.3 is 14.4 Å². The molecule has 1 aliphatic heterocycles. The van der Waals surface area contributed by atoms with Crippen molar-refractivity contribution in [2.24, 2.45) is 0 Å². The van der Waals surface area contributed by atoms with Crippen LogP contribution in [0.2, 0.25) is 0 Å². The number of hydrogen-bond donors (Lipinski definition) is 0. The highest BCUT2D eigenvalue weighted by molar-refractivity contribution is 5.78. The van der Waals surface area contributed by atoms with Gasteiger partial charge in [-0.2, -0.15) is 0 Å². The highest BCUT2D eigenvalue weighted by atomic mass is 19.1. The molecular formula is C15H21FN2O3. The zero-order chi connectivity index (χ0) is 15.2. The van der Waals surface area contributed by atoms with Gasteiger partial charge in [-0.1, -0.05) is 6.07 Å². The molecule has 0 aliphatic carbocycles. The summed E-state index contributed by atoms with van der Waals surface area (Å²) in [6, 6.07) is 4.74. The Morgan fingerprint density at radius 2 is 2.14 bits per heavy atom. The molecule has 116 valence electrons. The van der Waals surface area contributed by atoms with E-state index in [0.29, 0.717) is 26.3 Å². The summed E-state index contributed by atoms with van der Waals surface area (Å²) in [7, 11) is 3.15. The Labute approximate surface area is 124 Å². The van der Waals surface area contributed by atoms with E-state index in [1.54, 1.807) is 24.1 Å². The lowest BCUT2D eigenvalue weighted by molar-refractivity contribution is -0.132. The van der Waals surface area contributed by atoms with Crippen molar-refractivity contribution >= 4 is 5.91 Å². The molecule has 0 unspecified atom stereocenters. The van der Waals surface area contributed by atoms with Crippen LogP contribution < -0.4 is 4.74 Å². The molecule has 1 aromatic carbocycles. The van der Waals surface area contributed by atoms with E-state index < -0.39 is 5.82 Å². The Bertz CT molecular complexity index is 490. The number of hydrogen-bond acceptors (Lipinski definition) is 4. The third-order valence-corrected chi connectivity index (χ3v) is 3.52. The lowest BCUT2D eigenvalue weighted by Gasteiger charge is -2.28. The number of carbonyl (C=O) groups is 1. The molecule has 0 saturated carbocycles. The second-order valence-electron chi connectivity index (χ2n) is 5.11. The monoisotopic (exact) mass is 296 g/mol. The molecule has 0 bridgehead atoms. The Hall–Kier alpha value is -1.66. The Morgan fingerprint density at radius 1 is 1.43 bits per heavy atom. The number of nitrogens with zero attached hydrogens (tertiary/aromatic N) is 2. The van der Waals surface area contributed by atoms with Crippen LogP contribution in [0.4, 0.5) is 4.39 Å².